The largest absolute Gasteiger partial charge is 0.493 e. The van der Waals surface area contributed by atoms with Gasteiger partial charge in [-0.2, -0.15) is 0 Å². The Hall–Kier alpha value is -1.17. The van der Waals surface area contributed by atoms with E-state index in [1.807, 2.05) is 12.1 Å². The van der Waals surface area contributed by atoms with Gasteiger partial charge in [-0.1, -0.05) is 13.8 Å². The highest BCUT2D eigenvalue weighted by molar-refractivity contribution is 5.85. The molecule has 134 valence electrons. The quantitative estimate of drug-likeness (QED) is 0.622. The van der Waals surface area contributed by atoms with Crippen molar-refractivity contribution in [3.05, 3.63) is 17.7 Å². The van der Waals surface area contributed by atoms with Gasteiger partial charge in [0.05, 0.1) is 27.9 Å². The third kappa shape index (κ3) is 7.77. The normalized spacial score (nSPS) is 10.3. The van der Waals surface area contributed by atoms with E-state index in [-0.39, 0.29) is 12.4 Å². The minimum absolute atomic E-state index is 0. The van der Waals surface area contributed by atoms with E-state index in [2.05, 4.69) is 19.2 Å². The van der Waals surface area contributed by atoms with Crippen molar-refractivity contribution in [3.8, 4) is 17.2 Å². The molecule has 0 saturated carbocycles. The average molecular weight is 348 g/mol. The Morgan fingerprint density at radius 3 is 2.04 bits per heavy atom. The van der Waals surface area contributed by atoms with Crippen molar-refractivity contribution in [3.63, 3.8) is 0 Å². The van der Waals surface area contributed by atoms with E-state index in [4.69, 9.17) is 18.9 Å². The van der Waals surface area contributed by atoms with Crippen LogP contribution in [0.5, 0.6) is 17.2 Å². The Morgan fingerprint density at radius 1 is 0.957 bits per heavy atom. The summed E-state index contributed by atoms with van der Waals surface area (Å²) in [7, 11) is 4.85. The van der Waals surface area contributed by atoms with Gasteiger partial charge in [0, 0.05) is 19.7 Å². The SMILES string of the molecule is COc1cc(CNCCOCCC(C)C)cc(OC)c1OC.Cl. The van der Waals surface area contributed by atoms with Crippen molar-refractivity contribution < 1.29 is 18.9 Å². The van der Waals surface area contributed by atoms with E-state index in [0.717, 1.165) is 38.3 Å². The molecule has 1 aromatic rings. The summed E-state index contributed by atoms with van der Waals surface area (Å²) < 4.78 is 21.6. The van der Waals surface area contributed by atoms with E-state index in [1.165, 1.54) is 0 Å². The monoisotopic (exact) mass is 347 g/mol. The maximum absolute atomic E-state index is 5.58. The van der Waals surface area contributed by atoms with E-state index in [0.29, 0.717) is 23.2 Å². The zero-order valence-electron chi connectivity index (χ0n) is 14.8. The molecule has 1 N–H and O–H groups in total. The molecule has 0 spiro atoms. The molecule has 23 heavy (non-hydrogen) atoms. The number of methoxy groups -OCH3 is 3. The van der Waals surface area contributed by atoms with Crippen LogP contribution in [-0.4, -0.2) is 41.1 Å². The average Bonchev–Trinajstić information content (AvgIpc) is 2.52. The van der Waals surface area contributed by atoms with Gasteiger partial charge in [0.2, 0.25) is 5.75 Å². The van der Waals surface area contributed by atoms with Crippen molar-refractivity contribution in [1.82, 2.24) is 5.32 Å². The molecule has 6 heteroatoms. The van der Waals surface area contributed by atoms with Crippen LogP contribution in [0.15, 0.2) is 12.1 Å². The van der Waals surface area contributed by atoms with Gasteiger partial charge in [-0.05, 0) is 30.0 Å². The fraction of sp³-hybridized carbons (Fsp3) is 0.647. The fourth-order valence-electron chi connectivity index (χ4n) is 2.04. The van der Waals surface area contributed by atoms with Crippen molar-refractivity contribution in [2.24, 2.45) is 5.92 Å². The maximum Gasteiger partial charge on any atom is 0.203 e. The first-order chi connectivity index (χ1) is 10.6. The molecule has 0 saturated heterocycles. The lowest BCUT2D eigenvalue weighted by Gasteiger charge is -2.14. The van der Waals surface area contributed by atoms with Gasteiger partial charge in [-0.15, -0.1) is 12.4 Å². The summed E-state index contributed by atoms with van der Waals surface area (Å²) in [6.07, 6.45) is 1.10. The van der Waals surface area contributed by atoms with Gasteiger partial charge in [-0.3, -0.25) is 0 Å². The van der Waals surface area contributed by atoms with Crippen molar-refractivity contribution in [2.45, 2.75) is 26.8 Å². The maximum atomic E-state index is 5.58. The number of hydrogen-bond acceptors (Lipinski definition) is 5. The first-order valence-electron chi connectivity index (χ1n) is 7.69. The van der Waals surface area contributed by atoms with Crippen LogP contribution < -0.4 is 19.5 Å². The zero-order chi connectivity index (χ0) is 16.4. The Morgan fingerprint density at radius 2 is 1.57 bits per heavy atom. The molecule has 0 bridgehead atoms. The van der Waals surface area contributed by atoms with Crippen LogP contribution in [0.1, 0.15) is 25.8 Å². The van der Waals surface area contributed by atoms with Gasteiger partial charge < -0.3 is 24.3 Å². The zero-order valence-corrected chi connectivity index (χ0v) is 15.6. The molecule has 0 fully saturated rings. The number of nitrogens with one attached hydrogen (secondary N) is 1. The molecule has 0 aliphatic heterocycles. The second-order valence-electron chi connectivity index (χ2n) is 5.51. The van der Waals surface area contributed by atoms with Gasteiger partial charge in [0.15, 0.2) is 11.5 Å². The highest BCUT2D eigenvalue weighted by Gasteiger charge is 2.12. The minimum Gasteiger partial charge on any atom is -0.493 e. The summed E-state index contributed by atoms with van der Waals surface area (Å²) in [6, 6.07) is 3.90. The van der Waals surface area contributed by atoms with E-state index in [1.54, 1.807) is 21.3 Å². The molecule has 1 aromatic carbocycles. The summed E-state index contributed by atoms with van der Waals surface area (Å²) in [6.45, 7) is 7.48. The Labute approximate surface area is 146 Å². The first kappa shape index (κ1) is 21.8. The minimum atomic E-state index is 0. The second kappa shape index (κ2) is 12.3. The molecule has 0 atom stereocenters. The molecule has 0 heterocycles. The van der Waals surface area contributed by atoms with Crippen molar-refractivity contribution >= 4 is 12.4 Å². The van der Waals surface area contributed by atoms with Crippen molar-refractivity contribution in [1.29, 1.82) is 0 Å². The molecular weight excluding hydrogens is 318 g/mol. The van der Waals surface area contributed by atoms with Crippen LogP contribution in [0.4, 0.5) is 0 Å². The number of hydrogen-bond donors (Lipinski definition) is 1. The second-order valence-corrected chi connectivity index (χ2v) is 5.51. The lowest BCUT2D eigenvalue weighted by Crippen LogP contribution is -2.19. The van der Waals surface area contributed by atoms with E-state index < -0.39 is 0 Å². The summed E-state index contributed by atoms with van der Waals surface area (Å²) in [5, 5.41) is 3.35. The number of ether oxygens (including phenoxy) is 4. The van der Waals surface area contributed by atoms with Gasteiger partial charge >= 0.3 is 0 Å². The van der Waals surface area contributed by atoms with Crippen LogP contribution in [0, 0.1) is 5.92 Å². The number of halogens is 1. The highest BCUT2D eigenvalue weighted by atomic mass is 35.5. The summed E-state index contributed by atoms with van der Waals surface area (Å²) >= 11 is 0. The summed E-state index contributed by atoms with van der Waals surface area (Å²) in [4.78, 5) is 0. The summed E-state index contributed by atoms with van der Waals surface area (Å²) in [5.74, 6) is 2.65. The van der Waals surface area contributed by atoms with Gasteiger partial charge in [0.1, 0.15) is 0 Å². The fourth-order valence-corrected chi connectivity index (χ4v) is 2.04. The lowest BCUT2D eigenvalue weighted by atomic mass is 10.1. The smallest absolute Gasteiger partial charge is 0.203 e. The number of rotatable bonds is 11. The summed E-state index contributed by atoms with van der Waals surface area (Å²) in [5.41, 5.74) is 1.08. The third-order valence-corrected chi connectivity index (χ3v) is 3.32. The van der Waals surface area contributed by atoms with Crippen LogP contribution in [0.25, 0.3) is 0 Å². The first-order valence-corrected chi connectivity index (χ1v) is 7.69. The molecular formula is C17H30ClNO4. The highest BCUT2D eigenvalue weighted by Crippen LogP contribution is 2.38. The molecule has 0 amide bonds. The molecule has 0 unspecified atom stereocenters. The molecule has 0 aromatic heterocycles. The van der Waals surface area contributed by atoms with Crippen LogP contribution in [0.2, 0.25) is 0 Å². The Balaban J connectivity index is 0.00000484. The molecule has 0 aliphatic carbocycles. The molecule has 5 nitrogen and oxygen atoms in total. The topological polar surface area (TPSA) is 49.0 Å². The van der Waals surface area contributed by atoms with Crippen LogP contribution >= 0.6 is 12.4 Å². The Kier molecular flexibility index (Phi) is 11.7. The van der Waals surface area contributed by atoms with Gasteiger partial charge in [-0.25, -0.2) is 0 Å². The molecule has 1 rings (SSSR count). The van der Waals surface area contributed by atoms with Crippen LogP contribution in [0.3, 0.4) is 0 Å². The van der Waals surface area contributed by atoms with E-state index in [9.17, 15) is 0 Å². The van der Waals surface area contributed by atoms with Gasteiger partial charge in [0.25, 0.3) is 0 Å². The lowest BCUT2D eigenvalue weighted by molar-refractivity contribution is 0.125. The standard InChI is InChI=1S/C17H29NO4.ClH/c1-13(2)6-8-22-9-7-18-12-14-10-15(19-3)17(21-5)16(11-14)20-4;/h10-11,13,18H,6-9,12H2,1-5H3;1H. The molecule has 0 radical (unpaired) electrons. The third-order valence-electron chi connectivity index (χ3n) is 3.32. The molecule has 0 aliphatic rings. The Bertz CT molecular complexity index is 416. The van der Waals surface area contributed by atoms with Crippen molar-refractivity contribution in [2.75, 3.05) is 41.1 Å². The predicted octanol–water partition coefficient (Wildman–Crippen LogP) is 3.29. The number of benzene rings is 1. The van der Waals surface area contributed by atoms with E-state index >= 15 is 0 Å². The van der Waals surface area contributed by atoms with Crippen LogP contribution in [-0.2, 0) is 11.3 Å². The predicted molar refractivity (Wildman–Crippen MR) is 95.3 cm³/mol.